The lowest BCUT2D eigenvalue weighted by molar-refractivity contribution is 0.488. The second-order valence-electron chi connectivity index (χ2n) is 4.79. The van der Waals surface area contributed by atoms with Crippen molar-refractivity contribution < 1.29 is 0 Å². The van der Waals surface area contributed by atoms with E-state index in [1.807, 2.05) is 11.3 Å². The third-order valence-electron chi connectivity index (χ3n) is 3.39. The second-order valence-corrected chi connectivity index (χ2v) is 5.99. The third-order valence-corrected chi connectivity index (χ3v) is 4.73. The van der Waals surface area contributed by atoms with E-state index in [-0.39, 0.29) is 0 Å². The van der Waals surface area contributed by atoms with Crippen LogP contribution in [0.15, 0.2) is 12.1 Å². The van der Waals surface area contributed by atoms with E-state index in [1.165, 1.54) is 37.0 Å². The second kappa shape index (κ2) is 5.83. The van der Waals surface area contributed by atoms with E-state index < -0.39 is 0 Å². The van der Waals surface area contributed by atoms with Crippen molar-refractivity contribution in [2.45, 2.75) is 52.0 Å². The van der Waals surface area contributed by atoms with Gasteiger partial charge < -0.3 is 5.32 Å². The molecule has 2 heteroatoms. The highest BCUT2D eigenvalue weighted by Gasteiger charge is 2.23. The summed E-state index contributed by atoms with van der Waals surface area (Å²) in [6.45, 7) is 5.52. The lowest BCUT2D eigenvalue weighted by Gasteiger charge is -2.16. The first-order valence-electron chi connectivity index (χ1n) is 6.65. The van der Waals surface area contributed by atoms with E-state index in [2.05, 4.69) is 31.3 Å². The Kier molecular flexibility index (Phi) is 4.42. The first-order chi connectivity index (χ1) is 7.83. The average molecular weight is 237 g/mol. The smallest absolute Gasteiger partial charge is 0.0414 e. The topological polar surface area (TPSA) is 12.0 Å². The van der Waals surface area contributed by atoms with Gasteiger partial charge in [0.25, 0.3) is 0 Å². The molecule has 0 bridgehead atoms. The number of rotatable bonds is 7. The molecule has 0 saturated heterocycles. The predicted molar refractivity (Wildman–Crippen MR) is 72.1 cm³/mol. The molecular weight excluding hydrogens is 214 g/mol. The van der Waals surface area contributed by atoms with Crippen molar-refractivity contribution in [2.24, 2.45) is 5.92 Å². The van der Waals surface area contributed by atoms with Crippen molar-refractivity contribution in [2.75, 3.05) is 6.54 Å². The Bertz CT molecular complexity index is 314. The van der Waals surface area contributed by atoms with Crippen LogP contribution in [0.2, 0.25) is 0 Å². The van der Waals surface area contributed by atoms with Crippen molar-refractivity contribution in [1.82, 2.24) is 5.32 Å². The lowest BCUT2D eigenvalue weighted by atomic mass is 10.1. The molecule has 0 aromatic carbocycles. The number of nitrogens with one attached hydrogen (secondary N) is 1. The minimum Gasteiger partial charge on any atom is -0.310 e. The fourth-order valence-electron chi connectivity index (χ4n) is 2.17. The van der Waals surface area contributed by atoms with Gasteiger partial charge in [-0.25, -0.2) is 0 Å². The van der Waals surface area contributed by atoms with Gasteiger partial charge in [0.2, 0.25) is 0 Å². The summed E-state index contributed by atoms with van der Waals surface area (Å²) in [6, 6.07) is 5.22. The van der Waals surface area contributed by atoms with Crippen molar-refractivity contribution in [3.63, 3.8) is 0 Å². The molecule has 1 saturated carbocycles. The van der Waals surface area contributed by atoms with Crippen LogP contribution >= 0.6 is 11.3 Å². The van der Waals surface area contributed by atoms with E-state index in [0.29, 0.717) is 6.04 Å². The van der Waals surface area contributed by atoms with Gasteiger partial charge in [0.05, 0.1) is 0 Å². The van der Waals surface area contributed by atoms with Crippen molar-refractivity contribution in [3.8, 4) is 0 Å². The maximum Gasteiger partial charge on any atom is 0.0414 e. The fraction of sp³-hybridized carbons (Fsp3) is 0.714. The molecule has 1 aromatic heterocycles. The van der Waals surface area contributed by atoms with E-state index in [4.69, 9.17) is 0 Å². The molecule has 0 radical (unpaired) electrons. The van der Waals surface area contributed by atoms with Crippen LogP contribution in [0.4, 0.5) is 0 Å². The normalized spacial score (nSPS) is 17.6. The molecule has 1 atom stereocenters. The van der Waals surface area contributed by atoms with Gasteiger partial charge >= 0.3 is 0 Å². The van der Waals surface area contributed by atoms with Crippen molar-refractivity contribution in [3.05, 3.63) is 21.9 Å². The van der Waals surface area contributed by atoms with Crippen LogP contribution in [0.1, 0.15) is 55.3 Å². The number of thiophene rings is 1. The highest BCUT2D eigenvalue weighted by Crippen LogP contribution is 2.37. The largest absolute Gasteiger partial charge is 0.310 e. The summed E-state index contributed by atoms with van der Waals surface area (Å²) in [4.78, 5) is 3.06. The number of hydrogen-bond donors (Lipinski definition) is 1. The molecule has 1 aliphatic rings. The van der Waals surface area contributed by atoms with Crippen molar-refractivity contribution >= 4 is 11.3 Å². The SMILES string of the molecule is CCNC(CCC1CC1)c1ccc(CC)s1. The third kappa shape index (κ3) is 3.33. The highest BCUT2D eigenvalue weighted by molar-refractivity contribution is 7.12. The van der Waals surface area contributed by atoms with Gasteiger partial charge in [-0.3, -0.25) is 0 Å². The van der Waals surface area contributed by atoms with Crippen LogP contribution in [0.25, 0.3) is 0 Å². The molecule has 2 rings (SSSR count). The molecule has 1 N–H and O–H groups in total. The lowest BCUT2D eigenvalue weighted by Crippen LogP contribution is -2.20. The van der Waals surface area contributed by atoms with Crippen LogP contribution in [0.3, 0.4) is 0 Å². The Hall–Kier alpha value is -0.340. The molecule has 0 spiro atoms. The summed E-state index contributed by atoms with van der Waals surface area (Å²) >= 11 is 1.99. The summed E-state index contributed by atoms with van der Waals surface area (Å²) in [5.41, 5.74) is 0. The molecular formula is C14H23NS. The molecule has 0 amide bonds. The Morgan fingerprint density at radius 2 is 2.19 bits per heavy atom. The maximum absolute atomic E-state index is 3.63. The van der Waals surface area contributed by atoms with Gasteiger partial charge in [0.1, 0.15) is 0 Å². The zero-order chi connectivity index (χ0) is 11.4. The van der Waals surface area contributed by atoms with Gasteiger partial charge in [-0.2, -0.15) is 0 Å². The molecule has 1 unspecified atom stereocenters. The van der Waals surface area contributed by atoms with Gasteiger partial charge in [-0.15, -0.1) is 11.3 Å². The van der Waals surface area contributed by atoms with E-state index in [1.54, 1.807) is 4.88 Å². The minimum absolute atomic E-state index is 0.607. The molecule has 90 valence electrons. The van der Waals surface area contributed by atoms with Gasteiger partial charge in [0.15, 0.2) is 0 Å². The Balaban J connectivity index is 1.92. The number of aryl methyl sites for hydroxylation is 1. The predicted octanol–water partition coefficient (Wildman–Crippen LogP) is 4.15. The van der Waals surface area contributed by atoms with Crippen LogP contribution < -0.4 is 5.32 Å². The summed E-state index contributed by atoms with van der Waals surface area (Å²) in [7, 11) is 0. The number of hydrogen-bond acceptors (Lipinski definition) is 2. The molecule has 1 aromatic rings. The fourth-order valence-corrected chi connectivity index (χ4v) is 3.23. The summed E-state index contributed by atoms with van der Waals surface area (Å²) in [5.74, 6) is 1.05. The van der Waals surface area contributed by atoms with Crippen molar-refractivity contribution in [1.29, 1.82) is 0 Å². The maximum atomic E-state index is 3.63. The molecule has 16 heavy (non-hydrogen) atoms. The van der Waals surface area contributed by atoms with E-state index in [0.717, 1.165) is 12.5 Å². The summed E-state index contributed by atoms with van der Waals surface area (Å²) in [6.07, 6.45) is 6.86. The Morgan fingerprint density at radius 3 is 2.75 bits per heavy atom. The van der Waals surface area contributed by atoms with Gasteiger partial charge in [0, 0.05) is 15.8 Å². The van der Waals surface area contributed by atoms with Crippen LogP contribution in [0.5, 0.6) is 0 Å². The highest BCUT2D eigenvalue weighted by atomic mass is 32.1. The molecule has 1 heterocycles. The van der Waals surface area contributed by atoms with Gasteiger partial charge in [-0.05, 0) is 43.9 Å². The molecule has 1 nitrogen and oxygen atoms in total. The quantitative estimate of drug-likeness (QED) is 0.751. The standard InChI is InChI=1S/C14H23NS/c1-3-12-8-10-14(16-12)13(15-4-2)9-7-11-5-6-11/h8,10-11,13,15H,3-7,9H2,1-2H3. The molecule has 1 aliphatic carbocycles. The molecule has 0 aliphatic heterocycles. The van der Waals surface area contributed by atoms with E-state index in [9.17, 15) is 0 Å². The Morgan fingerprint density at radius 1 is 1.38 bits per heavy atom. The average Bonchev–Trinajstić information content (AvgIpc) is 3.00. The monoisotopic (exact) mass is 237 g/mol. The van der Waals surface area contributed by atoms with Crippen LogP contribution in [0, 0.1) is 5.92 Å². The summed E-state index contributed by atoms with van der Waals surface area (Å²) in [5, 5.41) is 3.63. The zero-order valence-electron chi connectivity index (χ0n) is 10.5. The minimum atomic E-state index is 0.607. The Labute approximate surface area is 103 Å². The van der Waals surface area contributed by atoms with Crippen LogP contribution in [-0.2, 0) is 6.42 Å². The van der Waals surface area contributed by atoms with Crippen LogP contribution in [-0.4, -0.2) is 6.54 Å². The zero-order valence-corrected chi connectivity index (χ0v) is 11.3. The summed E-state index contributed by atoms with van der Waals surface area (Å²) < 4.78 is 0. The van der Waals surface area contributed by atoms with Gasteiger partial charge in [-0.1, -0.05) is 26.7 Å². The first kappa shape index (κ1) is 12.1. The first-order valence-corrected chi connectivity index (χ1v) is 7.47. The molecule has 1 fully saturated rings. The van der Waals surface area contributed by atoms with E-state index >= 15 is 0 Å².